The summed E-state index contributed by atoms with van der Waals surface area (Å²) in [4.78, 5) is 15.0. The van der Waals surface area contributed by atoms with E-state index in [0.717, 1.165) is 30.8 Å². The van der Waals surface area contributed by atoms with Crippen LogP contribution in [0.1, 0.15) is 31.2 Å². The molecule has 120 valence electrons. The van der Waals surface area contributed by atoms with Gasteiger partial charge in [0.15, 0.2) is 0 Å². The molecule has 1 saturated carbocycles. The van der Waals surface area contributed by atoms with Crippen LogP contribution >= 0.6 is 0 Å². The van der Waals surface area contributed by atoms with Gasteiger partial charge in [-0.05, 0) is 43.0 Å². The number of ether oxygens (including phenoxy) is 1. The topological polar surface area (TPSA) is 41.6 Å². The van der Waals surface area contributed by atoms with E-state index in [-0.39, 0.29) is 5.41 Å². The molecule has 1 heterocycles. The zero-order valence-corrected chi connectivity index (χ0v) is 13.6. The van der Waals surface area contributed by atoms with Gasteiger partial charge in [-0.1, -0.05) is 25.0 Å². The lowest BCUT2D eigenvalue weighted by molar-refractivity contribution is -0.144. The first-order valence-corrected chi connectivity index (χ1v) is 8.25. The second kappa shape index (κ2) is 6.29. The fourth-order valence-corrected chi connectivity index (χ4v) is 4.13. The van der Waals surface area contributed by atoms with Gasteiger partial charge in [-0.25, -0.2) is 0 Å². The first-order chi connectivity index (χ1) is 10.7. The molecule has 1 saturated heterocycles. The third kappa shape index (κ3) is 2.72. The molecule has 1 aromatic carbocycles. The minimum absolute atomic E-state index is 0.153. The quantitative estimate of drug-likeness (QED) is 0.929. The van der Waals surface area contributed by atoms with E-state index in [0.29, 0.717) is 18.4 Å². The lowest BCUT2D eigenvalue weighted by Gasteiger charge is -2.39. The summed E-state index contributed by atoms with van der Waals surface area (Å²) >= 11 is 0. The van der Waals surface area contributed by atoms with Crippen LogP contribution in [-0.2, 0) is 11.3 Å². The third-order valence-corrected chi connectivity index (χ3v) is 5.39. The Kier molecular flexibility index (Phi) is 4.39. The van der Waals surface area contributed by atoms with Gasteiger partial charge in [-0.15, -0.1) is 0 Å². The van der Waals surface area contributed by atoms with E-state index in [4.69, 9.17) is 4.74 Å². The minimum Gasteiger partial charge on any atom is -0.497 e. The Morgan fingerprint density at radius 2 is 2.14 bits per heavy atom. The second-order valence-electron chi connectivity index (χ2n) is 6.74. The summed E-state index contributed by atoms with van der Waals surface area (Å²) in [6, 6.07) is 7.97. The number of carbonyl (C=O) groups is 1. The van der Waals surface area contributed by atoms with Gasteiger partial charge < -0.3 is 15.0 Å². The highest BCUT2D eigenvalue weighted by Crippen LogP contribution is 2.45. The number of benzene rings is 1. The monoisotopic (exact) mass is 302 g/mol. The molecule has 2 aliphatic rings. The van der Waals surface area contributed by atoms with Crippen molar-refractivity contribution in [3.8, 4) is 5.75 Å². The van der Waals surface area contributed by atoms with Crippen LogP contribution in [0, 0.1) is 11.3 Å². The van der Waals surface area contributed by atoms with Crippen LogP contribution in [0.3, 0.4) is 0 Å². The molecule has 4 heteroatoms. The minimum atomic E-state index is -0.153. The number of fused-ring (bicyclic) bond motifs is 1. The van der Waals surface area contributed by atoms with Crippen LogP contribution in [0.2, 0.25) is 0 Å². The molecule has 0 aromatic heterocycles. The molecule has 0 radical (unpaired) electrons. The molecule has 0 unspecified atom stereocenters. The Bertz CT molecular complexity index is 528. The lowest BCUT2D eigenvalue weighted by atomic mass is 9.67. The maximum absolute atomic E-state index is 13.1. The van der Waals surface area contributed by atoms with E-state index in [9.17, 15) is 4.79 Å². The Balaban J connectivity index is 1.70. The smallest absolute Gasteiger partial charge is 0.230 e. The molecule has 0 spiro atoms. The van der Waals surface area contributed by atoms with Gasteiger partial charge in [0.05, 0.1) is 12.5 Å². The number of methoxy groups -OCH3 is 1. The van der Waals surface area contributed by atoms with Crippen molar-refractivity contribution in [1.82, 2.24) is 10.2 Å². The number of rotatable bonds is 4. The number of amides is 1. The molecule has 22 heavy (non-hydrogen) atoms. The Hall–Kier alpha value is -1.55. The zero-order chi connectivity index (χ0) is 15.6. The number of nitrogens with one attached hydrogen (secondary N) is 1. The fraction of sp³-hybridized carbons (Fsp3) is 0.611. The summed E-state index contributed by atoms with van der Waals surface area (Å²) in [7, 11) is 3.60. The standard InChI is InChI=1S/C18H26N2O2/c1-20(12-14-6-8-16(22-2)9-7-14)17(21)18-10-4-3-5-15(18)11-19-13-18/h6-9,15,19H,3-5,10-13H2,1-2H3/t15-,18+/m0/s1. The van der Waals surface area contributed by atoms with Crippen molar-refractivity contribution in [2.75, 3.05) is 27.2 Å². The van der Waals surface area contributed by atoms with E-state index in [2.05, 4.69) is 5.32 Å². The number of carbonyl (C=O) groups excluding carboxylic acids is 1. The fourth-order valence-electron chi connectivity index (χ4n) is 4.13. The van der Waals surface area contributed by atoms with Crippen molar-refractivity contribution in [2.45, 2.75) is 32.2 Å². The van der Waals surface area contributed by atoms with Crippen molar-refractivity contribution in [1.29, 1.82) is 0 Å². The maximum atomic E-state index is 13.1. The second-order valence-corrected chi connectivity index (χ2v) is 6.74. The van der Waals surface area contributed by atoms with Crippen LogP contribution in [0.25, 0.3) is 0 Å². The van der Waals surface area contributed by atoms with E-state index in [1.165, 1.54) is 19.3 Å². The SMILES string of the molecule is COc1ccc(CN(C)C(=O)[C@@]23CCCC[C@H]2CNC3)cc1. The average Bonchev–Trinajstić information content (AvgIpc) is 3.00. The molecule has 1 aromatic rings. The molecule has 4 nitrogen and oxygen atoms in total. The molecular formula is C18H26N2O2. The lowest BCUT2D eigenvalue weighted by Crippen LogP contribution is -2.48. The van der Waals surface area contributed by atoms with E-state index < -0.39 is 0 Å². The highest BCUT2D eigenvalue weighted by Gasteiger charge is 2.50. The average molecular weight is 302 g/mol. The molecular weight excluding hydrogens is 276 g/mol. The van der Waals surface area contributed by atoms with Crippen LogP contribution < -0.4 is 10.1 Å². The van der Waals surface area contributed by atoms with E-state index >= 15 is 0 Å². The molecule has 0 bridgehead atoms. The predicted molar refractivity (Wildman–Crippen MR) is 86.7 cm³/mol. The highest BCUT2D eigenvalue weighted by molar-refractivity contribution is 5.83. The zero-order valence-electron chi connectivity index (χ0n) is 13.6. The van der Waals surface area contributed by atoms with Crippen molar-refractivity contribution < 1.29 is 9.53 Å². The van der Waals surface area contributed by atoms with Crippen LogP contribution in [0.4, 0.5) is 0 Å². The normalized spacial score (nSPS) is 27.3. The van der Waals surface area contributed by atoms with Gasteiger partial charge in [-0.2, -0.15) is 0 Å². The largest absolute Gasteiger partial charge is 0.497 e. The van der Waals surface area contributed by atoms with Crippen molar-refractivity contribution in [3.63, 3.8) is 0 Å². The number of nitrogens with zero attached hydrogens (tertiary/aromatic N) is 1. The molecule has 1 aliphatic heterocycles. The van der Waals surface area contributed by atoms with E-state index in [1.54, 1.807) is 7.11 Å². The van der Waals surface area contributed by atoms with Crippen molar-refractivity contribution in [3.05, 3.63) is 29.8 Å². The third-order valence-electron chi connectivity index (χ3n) is 5.39. The molecule has 3 rings (SSSR count). The summed E-state index contributed by atoms with van der Waals surface area (Å²) in [6.45, 7) is 2.52. The molecule has 1 amide bonds. The van der Waals surface area contributed by atoms with Gasteiger partial charge in [0.1, 0.15) is 5.75 Å². The summed E-state index contributed by atoms with van der Waals surface area (Å²) in [5.74, 6) is 1.69. The summed E-state index contributed by atoms with van der Waals surface area (Å²) < 4.78 is 5.18. The summed E-state index contributed by atoms with van der Waals surface area (Å²) in [5, 5.41) is 3.46. The Morgan fingerprint density at radius 1 is 1.36 bits per heavy atom. The first kappa shape index (κ1) is 15.3. The number of hydrogen-bond donors (Lipinski definition) is 1. The Labute approximate surface area is 132 Å². The predicted octanol–water partition coefficient (Wildman–Crippen LogP) is 2.43. The van der Waals surface area contributed by atoms with Crippen molar-refractivity contribution >= 4 is 5.91 Å². The van der Waals surface area contributed by atoms with Crippen molar-refractivity contribution in [2.24, 2.45) is 11.3 Å². The van der Waals surface area contributed by atoms with Crippen LogP contribution in [0.15, 0.2) is 24.3 Å². The van der Waals surface area contributed by atoms with Gasteiger partial charge in [-0.3, -0.25) is 4.79 Å². The number of hydrogen-bond acceptors (Lipinski definition) is 3. The molecule has 2 fully saturated rings. The first-order valence-electron chi connectivity index (χ1n) is 8.25. The van der Waals surface area contributed by atoms with Gasteiger partial charge in [0.2, 0.25) is 5.91 Å². The summed E-state index contributed by atoms with van der Waals surface area (Å²) in [6.07, 6.45) is 4.68. The van der Waals surface area contributed by atoms with Crippen LogP contribution in [-0.4, -0.2) is 38.1 Å². The maximum Gasteiger partial charge on any atom is 0.230 e. The molecule has 1 N–H and O–H groups in total. The highest BCUT2D eigenvalue weighted by atomic mass is 16.5. The molecule has 1 aliphatic carbocycles. The summed E-state index contributed by atoms with van der Waals surface area (Å²) in [5.41, 5.74) is 0.991. The van der Waals surface area contributed by atoms with Gasteiger partial charge in [0.25, 0.3) is 0 Å². The Morgan fingerprint density at radius 3 is 2.86 bits per heavy atom. The van der Waals surface area contributed by atoms with E-state index in [1.807, 2.05) is 36.2 Å². The van der Waals surface area contributed by atoms with Gasteiger partial charge >= 0.3 is 0 Å². The van der Waals surface area contributed by atoms with Gasteiger partial charge in [0, 0.05) is 20.1 Å². The molecule has 2 atom stereocenters. The van der Waals surface area contributed by atoms with Crippen LogP contribution in [0.5, 0.6) is 5.75 Å².